The minimum atomic E-state index is 0.00801. The molecule has 4 heteroatoms. The Hall–Kier alpha value is -2.36. The molecule has 1 amide bonds. The summed E-state index contributed by atoms with van der Waals surface area (Å²) in [6, 6.07) is 12.6. The van der Waals surface area contributed by atoms with Crippen molar-refractivity contribution < 1.29 is 4.79 Å². The highest BCUT2D eigenvalue weighted by molar-refractivity contribution is 6.06. The van der Waals surface area contributed by atoms with Crippen LogP contribution in [-0.4, -0.2) is 21.2 Å². The first kappa shape index (κ1) is 14.2. The minimum Gasteiger partial charge on any atom is -0.353 e. The van der Waals surface area contributed by atoms with Crippen molar-refractivity contribution in [2.75, 3.05) is 0 Å². The van der Waals surface area contributed by atoms with E-state index in [1.54, 1.807) is 11.9 Å². The third-order valence-corrected chi connectivity index (χ3v) is 5.08. The lowest BCUT2D eigenvalue weighted by atomic mass is 9.87. The number of carbonyl (C=O) groups excluding carboxylic acids is 1. The zero-order valence-corrected chi connectivity index (χ0v) is 13.6. The van der Waals surface area contributed by atoms with Gasteiger partial charge in [0, 0.05) is 37.3 Å². The molecule has 0 saturated carbocycles. The van der Waals surface area contributed by atoms with Gasteiger partial charge < -0.3 is 4.57 Å². The normalized spacial score (nSPS) is 23.0. The maximum Gasteiger partial charge on any atom is 0.240 e. The molecule has 1 aromatic carbocycles. The van der Waals surface area contributed by atoms with Crippen LogP contribution in [-0.2, 0) is 18.3 Å². The fraction of sp³-hybridized carbons (Fsp3) is 0.368. The lowest BCUT2D eigenvalue weighted by Gasteiger charge is -2.26. The van der Waals surface area contributed by atoms with Gasteiger partial charge in [-0.15, -0.1) is 0 Å². The quantitative estimate of drug-likeness (QED) is 0.796. The molecule has 0 fully saturated rings. The van der Waals surface area contributed by atoms with Crippen LogP contribution < -0.4 is 0 Å². The second-order valence-electron chi connectivity index (χ2n) is 6.49. The first-order chi connectivity index (χ1) is 11.2. The molecule has 2 aromatic rings. The number of hydrazone groups is 1. The molecule has 1 aromatic heterocycles. The molecule has 23 heavy (non-hydrogen) atoms. The second-order valence-corrected chi connectivity index (χ2v) is 6.49. The largest absolute Gasteiger partial charge is 0.353 e. The van der Waals surface area contributed by atoms with Gasteiger partial charge in [-0.05, 0) is 37.0 Å². The van der Waals surface area contributed by atoms with Crippen LogP contribution in [0.4, 0.5) is 0 Å². The number of amides is 1. The number of aryl methyl sites for hydroxylation is 2. The number of hydrogen-bond donors (Lipinski definition) is 0. The van der Waals surface area contributed by atoms with E-state index >= 15 is 0 Å². The fourth-order valence-electron chi connectivity index (χ4n) is 4.00. The molecule has 0 spiro atoms. The summed E-state index contributed by atoms with van der Waals surface area (Å²) in [7, 11) is 2.04. The number of rotatable bonds is 1. The first-order valence-corrected chi connectivity index (χ1v) is 8.24. The molecule has 0 N–H and O–H groups in total. The van der Waals surface area contributed by atoms with Crippen molar-refractivity contribution in [2.45, 2.75) is 32.2 Å². The van der Waals surface area contributed by atoms with Gasteiger partial charge in [0.2, 0.25) is 5.91 Å². The lowest BCUT2D eigenvalue weighted by Crippen LogP contribution is -2.30. The van der Waals surface area contributed by atoms with Gasteiger partial charge in [-0.1, -0.05) is 24.3 Å². The molecule has 0 saturated heterocycles. The summed E-state index contributed by atoms with van der Waals surface area (Å²) in [6.07, 6.45) is 5.32. The van der Waals surface area contributed by atoms with Gasteiger partial charge in [0.05, 0.1) is 5.71 Å². The Kier molecular flexibility index (Phi) is 3.33. The van der Waals surface area contributed by atoms with Crippen LogP contribution in [0.15, 0.2) is 47.7 Å². The standard InChI is InChI=1S/C19H21N3O/c1-13(23)22-19(17-11-6-12-21(17)2)16-10-5-8-14-7-3-4-9-15(14)18(16)20-22/h3-4,6-7,9,11-12,16,19H,5,8,10H2,1-2H3. The van der Waals surface area contributed by atoms with E-state index in [2.05, 4.69) is 34.9 Å². The Morgan fingerprint density at radius 3 is 2.78 bits per heavy atom. The molecule has 0 radical (unpaired) electrons. The monoisotopic (exact) mass is 307 g/mol. The summed E-state index contributed by atoms with van der Waals surface area (Å²) in [5, 5.41) is 6.47. The molecule has 4 rings (SSSR count). The second kappa shape index (κ2) is 5.37. The maximum absolute atomic E-state index is 12.2. The van der Waals surface area contributed by atoms with Crippen LogP contribution in [0, 0.1) is 5.92 Å². The fourth-order valence-corrected chi connectivity index (χ4v) is 4.00. The Balaban J connectivity index is 1.86. The van der Waals surface area contributed by atoms with Crippen molar-refractivity contribution in [2.24, 2.45) is 18.1 Å². The average Bonchev–Trinajstić information content (AvgIpc) is 3.06. The van der Waals surface area contributed by atoms with E-state index in [0.29, 0.717) is 0 Å². The maximum atomic E-state index is 12.2. The third-order valence-electron chi connectivity index (χ3n) is 5.08. The van der Waals surface area contributed by atoms with Crippen molar-refractivity contribution in [3.8, 4) is 0 Å². The predicted molar refractivity (Wildman–Crippen MR) is 90.1 cm³/mol. The summed E-state index contributed by atoms with van der Waals surface area (Å²) < 4.78 is 2.11. The van der Waals surface area contributed by atoms with E-state index in [4.69, 9.17) is 5.10 Å². The molecule has 118 valence electrons. The number of carbonyl (C=O) groups is 1. The van der Waals surface area contributed by atoms with Crippen molar-refractivity contribution in [1.82, 2.24) is 9.58 Å². The van der Waals surface area contributed by atoms with Crippen LogP contribution in [0.3, 0.4) is 0 Å². The number of aromatic nitrogens is 1. The molecule has 2 aliphatic rings. The van der Waals surface area contributed by atoms with Gasteiger partial charge in [0.1, 0.15) is 6.04 Å². The van der Waals surface area contributed by atoms with E-state index in [0.717, 1.165) is 30.7 Å². The molecular formula is C19H21N3O. The van der Waals surface area contributed by atoms with Gasteiger partial charge in [-0.25, -0.2) is 5.01 Å². The van der Waals surface area contributed by atoms with Crippen LogP contribution in [0.2, 0.25) is 0 Å². The smallest absolute Gasteiger partial charge is 0.240 e. The van der Waals surface area contributed by atoms with Gasteiger partial charge in [-0.3, -0.25) is 4.79 Å². The third kappa shape index (κ3) is 2.21. The zero-order valence-electron chi connectivity index (χ0n) is 13.6. The number of benzene rings is 1. The van der Waals surface area contributed by atoms with Gasteiger partial charge >= 0.3 is 0 Å². The van der Waals surface area contributed by atoms with Gasteiger partial charge in [-0.2, -0.15) is 5.10 Å². The Labute approximate surface area is 136 Å². The molecule has 2 heterocycles. The lowest BCUT2D eigenvalue weighted by molar-refractivity contribution is -0.131. The molecule has 2 unspecified atom stereocenters. The van der Waals surface area contributed by atoms with Crippen LogP contribution >= 0.6 is 0 Å². The Bertz CT molecular complexity index is 789. The highest BCUT2D eigenvalue weighted by atomic mass is 16.2. The average molecular weight is 307 g/mol. The van der Waals surface area contributed by atoms with Crippen LogP contribution in [0.25, 0.3) is 0 Å². The van der Waals surface area contributed by atoms with E-state index < -0.39 is 0 Å². The van der Waals surface area contributed by atoms with E-state index in [-0.39, 0.29) is 17.9 Å². The van der Waals surface area contributed by atoms with Crippen molar-refractivity contribution in [3.05, 3.63) is 59.4 Å². The highest BCUT2D eigenvalue weighted by Gasteiger charge is 2.42. The predicted octanol–water partition coefficient (Wildman–Crippen LogP) is 3.29. The molecule has 4 nitrogen and oxygen atoms in total. The van der Waals surface area contributed by atoms with E-state index in [1.807, 2.05) is 19.3 Å². The van der Waals surface area contributed by atoms with Crippen molar-refractivity contribution in [3.63, 3.8) is 0 Å². The molecule has 2 atom stereocenters. The molecule has 1 aliphatic heterocycles. The summed E-state index contributed by atoms with van der Waals surface area (Å²) in [4.78, 5) is 12.2. The van der Waals surface area contributed by atoms with Crippen molar-refractivity contribution >= 4 is 11.6 Å². The van der Waals surface area contributed by atoms with Crippen LogP contribution in [0.1, 0.15) is 42.6 Å². The number of nitrogens with zero attached hydrogens (tertiary/aromatic N) is 3. The molecule has 1 aliphatic carbocycles. The van der Waals surface area contributed by atoms with Gasteiger partial charge in [0.15, 0.2) is 0 Å². The summed E-state index contributed by atoms with van der Waals surface area (Å²) in [6.45, 7) is 1.61. The summed E-state index contributed by atoms with van der Waals surface area (Å²) in [5.41, 5.74) is 4.81. The molecule has 0 bridgehead atoms. The Morgan fingerprint density at radius 1 is 1.22 bits per heavy atom. The highest BCUT2D eigenvalue weighted by Crippen LogP contribution is 2.42. The number of fused-ring (bicyclic) bond motifs is 3. The first-order valence-electron chi connectivity index (χ1n) is 8.24. The van der Waals surface area contributed by atoms with E-state index in [1.165, 1.54) is 11.1 Å². The van der Waals surface area contributed by atoms with E-state index in [9.17, 15) is 4.79 Å². The topological polar surface area (TPSA) is 37.6 Å². The SMILES string of the molecule is CC(=O)N1N=C2c3ccccc3CCCC2C1c1cccn1C. The summed E-state index contributed by atoms with van der Waals surface area (Å²) in [5.74, 6) is 0.283. The van der Waals surface area contributed by atoms with Crippen LogP contribution in [0.5, 0.6) is 0 Å². The molecular weight excluding hydrogens is 286 g/mol. The summed E-state index contributed by atoms with van der Waals surface area (Å²) >= 11 is 0. The minimum absolute atomic E-state index is 0.00801. The zero-order chi connectivity index (χ0) is 16.0. The number of hydrogen-bond acceptors (Lipinski definition) is 2. The Morgan fingerprint density at radius 2 is 2.04 bits per heavy atom. The van der Waals surface area contributed by atoms with Gasteiger partial charge in [0.25, 0.3) is 0 Å². The van der Waals surface area contributed by atoms with Crippen molar-refractivity contribution in [1.29, 1.82) is 0 Å².